The van der Waals surface area contributed by atoms with Crippen molar-refractivity contribution in [1.29, 1.82) is 0 Å². The van der Waals surface area contributed by atoms with Crippen LogP contribution in [0.1, 0.15) is 25.7 Å². The second-order valence-electron chi connectivity index (χ2n) is 8.58. The molecule has 11 heteroatoms. The molecule has 1 aromatic heterocycles. The number of hydrogen-bond donors (Lipinski definition) is 2. The molecule has 32 heavy (non-hydrogen) atoms. The number of morpholine rings is 1. The quantitative estimate of drug-likeness (QED) is 0.494. The maximum absolute atomic E-state index is 11.0. The molecular weight excluding hydrogens is 416 g/mol. The SMILES string of the molecule is O=[N+]([O-])c1ccc(-c2nc(N3CC4CCC(C3)O4)nc(N3[C@H](CO)CC[C@@H]3CO)n2)cc1. The summed E-state index contributed by atoms with van der Waals surface area (Å²) >= 11 is 0. The van der Waals surface area contributed by atoms with Crippen LogP contribution in [0.4, 0.5) is 17.6 Å². The number of aliphatic hydroxyl groups is 2. The van der Waals surface area contributed by atoms with Gasteiger partial charge in [0.25, 0.3) is 5.69 Å². The lowest BCUT2D eigenvalue weighted by Crippen LogP contribution is -2.45. The monoisotopic (exact) mass is 442 g/mol. The van der Waals surface area contributed by atoms with Gasteiger partial charge in [0, 0.05) is 30.8 Å². The van der Waals surface area contributed by atoms with Crippen LogP contribution in [0.2, 0.25) is 0 Å². The van der Waals surface area contributed by atoms with Crippen molar-refractivity contribution in [3.63, 3.8) is 0 Å². The molecule has 3 fully saturated rings. The lowest BCUT2D eigenvalue weighted by molar-refractivity contribution is -0.384. The van der Waals surface area contributed by atoms with E-state index in [-0.39, 0.29) is 43.2 Å². The number of non-ortho nitro benzene ring substituents is 1. The molecule has 2 bridgehead atoms. The van der Waals surface area contributed by atoms with E-state index in [1.165, 1.54) is 12.1 Å². The Morgan fingerprint density at radius 3 is 2.09 bits per heavy atom. The van der Waals surface area contributed by atoms with Crippen molar-refractivity contribution in [2.24, 2.45) is 0 Å². The Kier molecular flexibility index (Phi) is 5.62. The maximum Gasteiger partial charge on any atom is 0.269 e. The van der Waals surface area contributed by atoms with Crippen LogP contribution in [0.3, 0.4) is 0 Å². The molecule has 2 unspecified atom stereocenters. The summed E-state index contributed by atoms with van der Waals surface area (Å²) < 4.78 is 5.95. The molecule has 3 aliphatic rings. The highest BCUT2D eigenvalue weighted by atomic mass is 16.6. The lowest BCUT2D eigenvalue weighted by atomic mass is 10.2. The van der Waals surface area contributed by atoms with Crippen molar-refractivity contribution in [1.82, 2.24) is 15.0 Å². The van der Waals surface area contributed by atoms with Gasteiger partial charge in [0.1, 0.15) is 0 Å². The Labute approximate surface area is 184 Å². The fourth-order valence-electron chi connectivity index (χ4n) is 4.90. The number of aromatic nitrogens is 3. The molecule has 0 saturated carbocycles. The van der Waals surface area contributed by atoms with Gasteiger partial charge >= 0.3 is 0 Å². The zero-order valence-electron chi connectivity index (χ0n) is 17.6. The first kappa shape index (κ1) is 21.0. The lowest BCUT2D eigenvalue weighted by Gasteiger charge is -2.33. The van der Waals surface area contributed by atoms with Gasteiger partial charge in [0.15, 0.2) is 5.82 Å². The van der Waals surface area contributed by atoms with Crippen molar-refractivity contribution in [3.05, 3.63) is 34.4 Å². The largest absolute Gasteiger partial charge is 0.394 e. The minimum absolute atomic E-state index is 0.00626. The van der Waals surface area contributed by atoms with Crippen molar-refractivity contribution in [2.75, 3.05) is 36.1 Å². The number of nitrogens with zero attached hydrogens (tertiary/aromatic N) is 6. The highest BCUT2D eigenvalue weighted by molar-refractivity contribution is 5.61. The Morgan fingerprint density at radius 1 is 0.938 bits per heavy atom. The number of nitro groups is 1. The standard InChI is InChI=1S/C21H26N6O5/c28-11-15-5-6-16(12-29)26(15)21-23-19(13-1-3-14(4-2-13)27(30)31)22-20(24-21)25-9-17-7-8-18(10-25)32-17/h1-4,15-18,28-29H,5-12H2/t15-,16+,17?,18?. The summed E-state index contributed by atoms with van der Waals surface area (Å²) in [6.07, 6.45) is 3.80. The van der Waals surface area contributed by atoms with Gasteiger partial charge in [0.05, 0.1) is 42.4 Å². The number of fused-ring (bicyclic) bond motifs is 2. The summed E-state index contributed by atoms with van der Waals surface area (Å²) in [6, 6.07) is 5.73. The van der Waals surface area contributed by atoms with Crippen molar-refractivity contribution in [2.45, 2.75) is 50.0 Å². The van der Waals surface area contributed by atoms with Gasteiger partial charge in [-0.15, -0.1) is 0 Å². The predicted molar refractivity (Wildman–Crippen MR) is 115 cm³/mol. The molecule has 2 N–H and O–H groups in total. The van der Waals surface area contributed by atoms with Crippen LogP contribution < -0.4 is 9.80 Å². The van der Waals surface area contributed by atoms with Crippen molar-refractivity contribution in [3.8, 4) is 11.4 Å². The first-order valence-corrected chi connectivity index (χ1v) is 11.0. The number of anilines is 2. The molecule has 11 nitrogen and oxygen atoms in total. The Bertz CT molecular complexity index is 965. The van der Waals surface area contributed by atoms with E-state index in [2.05, 4.69) is 9.88 Å². The van der Waals surface area contributed by atoms with Crippen LogP contribution >= 0.6 is 0 Å². The molecule has 0 radical (unpaired) electrons. The highest BCUT2D eigenvalue weighted by Gasteiger charge is 2.38. The number of nitro benzene ring substituents is 1. The average Bonchev–Trinajstić information content (AvgIpc) is 3.40. The minimum atomic E-state index is -0.445. The maximum atomic E-state index is 11.0. The molecular formula is C21H26N6O5. The molecule has 170 valence electrons. The fourth-order valence-corrected chi connectivity index (χ4v) is 4.90. The second-order valence-corrected chi connectivity index (χ2v) is 8.58. The summed E-state index contributed by atoms with van der Waals surface area (Å²) in [5.74, 6) is 1.32. The van der Waals surface area contributed by atoms with E-state index >= 15 is 0 Å². The van der Waals surface area contributed by atoms with Crippen LogP contribution in [-0.4, -0.2) is 80.7 Å². The molecule has 1 aromatic carbocycles. The van der Waals surface area contributed by atoms with Crippen LogP contribution in [-0.2, 0) is 4.74 Å². The van der Waals surface area contributed by atoms with Gasteiger partial charge in [-0.2, -0.15) is 15.0 Å². The van der Waals surface area contributed by atoms with Gasteiger partial charge in [-0.05, 0) is 37.8 Å². The zero-order valence-corrected chi connectivity index (χ0v) is 17.6. The highest BCUT2D eigenvalue weighted by Crippen LogP contribution is 2.33. The Morgan fingerprint density at radius 2 is 1.53 bits per heavy atom. The molecule has 2 aromatic rings. The fraction of sp³-hybridized carbons (Fsp3) is 0.571. The summed E-state index contributed by atoms with van der Waals surface area (Å²) in [5, 5.41) is 30.8. The number of rotatable bonds is 6. The summed E-state index contributed by atoms with van der Waals surface area (Å²) in [7, 11) is 0. The first-order valence-electron chi connectivity index (χ1n) is 11.0. The van der Waals surface area contributed by atoms with E-state index in [0.717, 1.165) is 25.7 Å². The minimum Gasteiger partial charge on any atom is -0.394 e. The number of ether oxygens (including phenoxy) is 1. The van der Waals surface area contributed by atoms with Crippen LogP contribution in [0, 0.1) is 10.1 Å². The molecule has 4 heterocycles. The number of benzene rings is 1. The van der Waals surface area contributed by atoms with E-state index in [4.69, 9.17) is 14.7 Å². The molecule has 3 saturated heterocycles. The summed E-state index contributed by atoms with van der Waals surface area (Å²) in [4.78, 5) is 28.7. The smallest absolute Gasteiger partial charge is 0.269 e. The molecule has 0 spiro atoms. The van der Waals surface area contributed by atoms with E-state index in [1.54, 1.807) is 12.1 Å². The molecule has 0 aliphatic carbocycles. The zero-order chi connectivity index (χ0) is 22.2. The van der Waals surface area contributed by atoms with Crippen molar-refractivity contribution < 1.29 is 19.9 Å². The van der Waals surface area contributed by atoms with E-state index in [9.17, 15) is 20.3 Å². The third-order valence-corrected chi connectivity index (χ3v) is 6.55. The second kappa shape index (κ2) is 8.57. The molecule has 5 rings (SSSR count). The van der Waals surface area contributed by atoms with Gasteiger partial charge < -0.3 is 24.7 Å². The van der Waals surface area contributed by atoms with Crippen LogP contribution in [0.25, 0.3) is 11.4 Å². The molecule has 3 aliphatic heterocycles. The third-order valence-electron chi connectivity index (χ3n) is 6.55. The predicted octanol–water partition coefficient (Wildman–Crippen LogP) is 1.14. The number of hydrogen-bond acceptors (Lipinski definition) is 10. The van der Waals surface area contributed by atoms with Crippen molar-refractivity contribution >= 4 is 17.6 Å². The average molecular weight is 442 g/mol. The Hall–Kier alpha value is -2.89. The van der Waals surface area contributed by atoms with E-state index < -0.39 is 4.92 Å². The van der Waals surface area contributed by atoms with Gasteiger partial charge in [-0.1, -0.05) is 0 Å². The normalized spacial score (nSPS) is 27.2. The third kappa shape index (κ3) is 3.87. The van der Waals surface area contributed by atoms with Gasteiger partial charge in [-0.25, -0.2) is 0 Å². The summed E-state index contributed by atoms with van der Waals surface area (Å²) in [6.45, 7) is 1.25. The summed E-state index contributed by atoms with van der Waals surface area (Å²) in [5.41, 5.74) is 0.630. The topological polar surface area (TPSA) is 138 Å². The molecule has 0 amide bonds. The number of aliphatic hydroxyl groups excluding tert-OH is 2. The van der Waals surface area contributed by atoms with E-state index in [0.29, 0.717) is 36.4 Å². The van der Waals surface area contributed by atoms with E-state index in [1.807, 2.05) is 4.90 Å². The first-order chi connectivity index (χ1) is 15.6. The van der Waals surface area contributed by atoms with Crippen LogP contribution in [0.15, 0.2) is 24.3 Å². The van der Waals surface area contributed by atoms with Crippen LogP contribution in [0.5, 0.6) is 0 Å². The van der Waals surface area contributed by atoms with Gasteiger partial charge in [-0.3, -0.25) is 10.1 Å². The molecule has 4 atom stereocenters. The Balaban J connectivity index is 1.56. The van der Waals surface area contributed by atoms with Gasteiger partial charge in [0.2, 0.25) is 11.9 Å².